The molecule has 3 aromatic rings. The molecule has 0 aliphatic carbocycles. The van der Waals surface area contributed by atoms with E-state index in [0.29, 0.717) is 12.2 Å². The number of ether oxygens (including phenoxy) is 1. The quantitative estimate of drug-likeness (QED) is 0.721. The average molecular weight is 278 g/mol. The summed E-state index contributed by atoms with van der Waals surface area (Å²) in [6, 6.07) is 21.8. The first-order valence-corrected chi connectivity index (χ1v) is 7.21. The van der Waals surface area contributed by atoms with Crippen LogP contribution in [0, 0.1) is 0 Å². The molecule has 0 saturated carbocycles. The number of hydrogen-bond acceptors (Lipinski definition) is 2. The zero-order valence-corrected chi connectivity index (χ0v) is 12.0. The van der Waals surface area contributed by atoms with Gasteiger partial charge in [-0.1, -0.05) is 55.5 Å². The highest BCUT2D eigenvalue weighted by Crippen LogP contribution is 2.32. The molecule has 0 spiro atoms. The molecule has 0 heterocycles. The van der Waals surface area contributed by atoms with Gasteiger partial charge in [-0.15, -0.1) is 0 Å². The SMILES string of the molecule is CC[C@H](O)c1ccccc1Oc1ccc2ccccc2c1. The highest BCUT2D eigenvalue weighted by molar-refractivity contribution is 5.83. The highest BCUT2D eigenvalue weighted by atomic mass is 16.5. The molecule has 1 N–H and O–H groups in total. The van der Waals surface area contributed by atoms with E-state index in [-0.39, 0.29) is 0 Å². The van der Waals surface area contributed by atoms with E-state index in [1.165, 1.54) is 5.39 Å². The lowest BCUT2D eigenvalue weighted by Crippen LogP contribution is -1.98. The number of para-hydroxylation sites is 1. The van der Waals surface area contributed by atoms with E-state index in [9.17, 15) is 5.11 Å². The molecule has 0 radical (unpaired) electrons. The summed E-state index contributed by atoms with van der Waals surface area (Å²) in [5.41, 5.74) is 0.827. The van der Waals surface area contributed by atoms with Gasteiger partial charge in [0.25, 0.3) is 0 Å². The number of hydrogen-bond donors (Lipinski definition) is 1. The van der Waals surface area contributed by atoms with Crippen molar-refractivity contribution < 1.29 is 9.84 Å². The van der Waals surface area contributed by atoms with Crippen LogP contribution in [0.4, 0.5) is 0 Å². The van der Waals surface area contributed by atoms with Crippen molar-refractivity contribution in [2.75, 3.05) is 0 Å². The normalized spacial score (nSPS) is 12.3. The zero-order valence-electron chi connectivity index (χ0n) is 12.0. The van der Waals surface area contributed by atoms with Crippen molar-refractivity contribution in [3.63, 3.8) is 0 Å². The lowest BCUT2D eigenvalue weighted by atomic mass is 10.1. The molecular weight excluding hydrogens is 260 g/mol. The average Bonchev–Trinajstić information content (AvgIpc) is 2.54. The van der Waals surface area contributed by atoms with E-state index >= 15 is 0 Å². The topological polar surface area (TPSA) is 29.5 Å². The molecule has 0 aromatic heterocycles. The van der Waals surface area contributed by atoms with Crippen molar-refractivity contribution in [3.8, 4) is 11.5 Å². The van der Waals surface area contributed by atoms with Crippen molar-refractivity contribution in [1.82, 2.24) is 0 Å². The molecule has 0 bridgehead atoms. The van der Waals surface area contributed by atoms with Crippen molar-refractivity contribution in [1.29, 1.82) is 0 Å². The van der Waals surface area contributed by atoms with Crippen LogP contribution in [0.25, 0.3) is 10.8 Å². The third kappa shape index (κ3) is 2.91. The van der Waals surface area contributed by atoms with Gasteiger partial charge in [-0.3, -0.25) is 0 Å². The molecular formula is C19H18O2. The van der Waals surface area contributed by atoms with Gasteiger partial charge in [0.2, 0.25) is 0 Å². The standard InChI is InChI=1S/C19H18O2/c1-2-18(20)17-9-5-6-10-19(17)21-16-12-11-14-7-3-4-8-15(14)13-16/h3-13,18,20H,2H2,1H3/t18-/m0/s1. The Labute approximate surface area is 124 Å². The minimum atomic E-state index is -0.498. The summed E-state index contributed by atoms with van der Waals surface area (Å²) in [6.45, 7) is 1.96. The summed E-state index contributed by atoms with van der Waals surface area (Å²) in [5, 5.41) is 12.4. The van der Waals surface area contributed by atoms with Crippen LogP contribution in [-0.2, 0) is 0 Å². The molecule has 21 heavy (non-hydrogen) atoms. The summed E-state index contributed by atoms with van der Waals surface area (Å²) in [4.78, 5) is 0. The van der Waals surface area contributed by atoms with E-state index in [2.05, 4.69) is 12.1 Å². The molecule has 106 valence electrons. The maximum atomic E-state index is 10.1. The molecule has 3 rings (SSSR count). The van der Waals surface area contributed by atoms with E-state index < -0.39 is 6.10 Å². The third-order valence-corrected chi connectivity index (χ3v) is 3.61. The second-order valence-electron chi connectivity index (χ2n) is 5.07. The summed E-state index contributed by atoms with van der Waals surface area (Å²) in [5.74, 6) is 1.49. The summed E-state index contributed by atoms with van der Waals surface area (Å²) in [6.07, 6.45) is 0.166. The number of aliphatic hydroxyl groups excluding tert-OH is 1. The fraction of sp³-hybridized carbons (Fsp3) is 0.158. The van der Waals surface area contributed by atoms with Crippen molar-refractivity contribution >= 4 is 10.8 Å². The molecule has 2 heteroatoms. The van der Waals surface area contributed by atoms with Crippen LogP contribution in [0.2, 0.25) is 0 Å². The van der Waals surface area contributed by atoms with Gasteiger partial charge in [0.1, 0.15) is 11.5 Å². The number of benzene rings is 3. The highest BCUT2D eigenvalue weighted by Gasteiger charge is 2.11. The predicted octanol–water partition coefficient (Wildman–Crippen LogP) is 5.08. The predicted molar refractivity (Wildman–Crippen MR) is 85.7 cm³/mol. The second kappa shape index (κ2) is 5.98. The molecule has 0 aliphatic heterocycles. The lowest BCUT2D eigenvalue weighted by molar-refractivity contribution is 0.170. The Morgan fingerprint density at radius 1 is 0.905 bits per heavy atom. The van der Waals surface area contributed by atoms with E-state index in [1.807, 2.05) is 61.5 Å². The zero-order chi connectivity index (χ0) is 14.7. The van der Waals surface area contributed by atoms with Crippen LogP contribution in [-0.4, -0.2) is 5.11 Å². The maximum Gasteiger partial charge on any atom is 0.133 e. The largest absolute Gasteiger partial charge is 0.457 e. The third-order valence-electron chi connectivity index (χ3n) is 3.61. The molecule has 3 aromatic carbocycles. The Kier molecular flexibility index (Phi) is 3.89. The lowest BCUT2D eigenvalue weighted by Gasteiger charge is -2.15. The molecule has 0 amide bonds. The van der Waals surface area contributed by atoms with Crippen molar-refractivity contribution in [3.05, 3.63) is 72.3 Å². The van der Waals surface area contributed by atoms with E-state index in [0.717, 1.165) is 16.7 Å². The van der Waals surface area contributed by atoms with Gasteiger partial charge < -0.3 is 9.84 Å². The van der Waals surface area contributed by atoms with E-state index in [4.69, 9.17) is 4.74 Å². The van der Waals surface area contributed by atoms with Crippen LogP contribution in [0.15, 0.2) is 66.7 Å². The fourth-order valence-electron chi connectivity index (χ4n) is 2.43. The second-order valence-corrected chi connectivity index (χ2v) is 5.07. The minimum absolute atomic E-state index is 0.498. The maximum absolute atomic E-state index is 10.1. The molecule has 2 nitrogen and oxygen atoms in total. The Balaban J connectivity index is 1.95. The molecule has 0 unspecified atom stereocenters. The number of fused-ring (bicyclic) bond motifs is 1. The first-order chi connectivity index (χ1) is 10.3. The van der Waals surface area contributed by atoms with Gasteiger partial charge >= 0.3 is 0 Å². The van der Waals surface area contributed by atoms with E-state index in [1.54, 1.807) is 0 Å². The molecule has 0 fully saturated rings. The summed E-state index contributed by atoms with van der Waals surface area (Å²) >= 11 is 0. The fourth-order valence-corrected chi connectivity index (χ4v) is 2.43. The van der Waals surface area contributed by atoms with Gasteiger partial charge in [0, 0.05) is 5.56 Å². The van der Waals surface area contributed by atoms with Crippen LogP contribution in [0.3, 0.4) is 0 Å². The number of rotatable bonds is 4. The Morgan fingerprint density at radius 2 is 1.62 bits per heavy atom. The van der Waals surface area contributed by atoms with Gasteiger partial charge in [0.15, 0.2) is 0 Å². The van der Waals surface area contributed by atoms with Gasteiger partial charge in [0.05, 0.1) is 6.10 Å². The van der Waals surface area contributed by atoms with Crippen LogP contribution < -0.4 is 4.74 Å². The monoisotopic (exact) mass is 278 g/mol. The summed E-state index contributed by atoms with van der Waals surface area (Å²) < 4.78 is 5.98. The Bertz CT molecular complexity index is 749. The Hall–Kier alpha value is -2.32. The first kappa shape index (κ1) is 13.7. The first-order valence-electron chi connectivity index (χ1n) is 7.21. The molecule has 0 saturated heterocycles. The van der Waals surface area contributed by atoms with Crippen LogP contribution in [0.5, 0.6) is 11.5 Å². The molecule has 1 atom stereocenters. The minimum Gasteiger partial charge on any atom is -0.457 e. The van der Waals surface area contributed by atoms with Crippen molar-refractivity contribution in [2.24, 2.45) is 0 Å². The van der Waals surface area contributed by atoms with Gasteiger partial charge in [-0.05, 0) is 35.4 Å². The smallest absolute Gasteiger partial charge is 0.133 e. The summed E-state index contributed by atoms with van der Waals surface area (Å²) in [7, 11) is 0. The Morgan fingerprint density at radius 3 is 2.43 bits per heavy atom. The van der Waals surface area contributed by atoms with Crippen LogP contribution >= 0.6 is 0 Å². The molecule has 0 aliphatic rings. The van der Waals surface area contributed by atoms with Gasteiger partial charge in [-0.2, -0.15) is 0 Å². The van der Waals surface area contributed by atoms with Crippen LogP contribution in [0.1, 0.15) is 25.0 Å². The van der Waals surface area contributed by atoms with Crippen molar-refractivity contribution in [2.45, 2.75) is 19.4 Å². The van der Waals surface area contributed by atoms with Gasteiger partial charge in [-0.25, -0.2) is 0 Å². The number of aliphatic hydroxyl groups is 1.